The Hall–Kier alpha value is -3.31. The van der Waals surface area contributed by atoms with Gasteiger partial charge in [-0.15, -0.1) is 12.4 Å². The number of fused-ring (bicyclic) bond motifs is 5. The van der Waals surface area contributed by atoms with Gasteiger partial charge < -0.3 is 14.4 Å². The van der Waals surface area contributed by atoms with Gasteiger partial charge in [0.25, 0.3) is 0 Å². The van der Waals surface area contributed by atoms with Crippen molar-refractivity contribution in [1.29, 1.82) is 0 Å². The average Bonchev–Trinajstić information content (AvgIpc) is 3.05. The first-order valence-corrected chi connectivity index (χ1v) is 11.8. The van der Waals surface area contributed by atoms with Crippen LogP contribution in [0.3, 0.4) is 0 Å². The van der Waals surface area contributed by atoms with Crippen LogP contribution >= 0.6 is 12.4 Å². The lowest BCUT2D eigenvalue weighted by molar-refractivity contribution is 0.0697. The standard InChI is InChI=1S/C28H26N2O3.ClH/c31-28(32)19-11-12-22-24(16-19)30-14-15-33-27-21(20-8-5-13-29-17-20)9-4-10-23(27)26(30)25(22)18-6-2-1-3-7-18;/h4-5,8-13,16-18H,1-3,6-7,14-15H2,(H,31,32);1H. The number of aromatic carboxylic acids is 1. The zero-order valence-electron chi connectivity index (χ0n) is 18.9. The second-order valence-corrected chi connectivity index (χ2v) is 9.06. The Kier molecular flexibility index (Phi) is 6.05. The van der Waals surface area contributed by atoms with Gasteiger partial charge in [0.1, 0.15) is 12.4 Å². The van der Waals surface area contributed by atoms with Crippen LogP contribution in [0.5, 0.6) is 5.75 Å². The number of pyridine rings is 1. The first-order valence-electron chi connectivity index (χ1n) is 11.8. The Morgan fingerprint density at radius 2 is 1.85 bits per heavy atom. The number of nitrogens with zero attached hydrogens (tertiary/aromatic N) is 2. The molecule has 1 saturated carbocycles. The Bertz CT molecular complexity index is 1360. The zero-order valence-corrected chi connectivity index (χ0v) is 19.7. The largest absolute Gasteiger partial charge is 0.490 e. The molecule has 0 radical (unpaired) electrons. The fourth-order valence-electron chi connectivity index (χ4n) is 5.70. The molecule has 2 aromatic heterocycles. The molecule has 1 aliphatic heterocycles. The minimum Gasteiger partial charge on any atom is -0.490 e. The number of benzene rings is 2. The van der Waals surface area contributed by atoms with E-state index in [2.05, 4.69) is 33.8 Å². The van der Waals surface area contributed by atoms with Crippen LogP contribution in [-0.4, -0.2) is 27.2 Å². The second kappa shape index (κ2) is 9.15. The Labute approximate surface area is 204 Å². The Morgan fingerprint density at radius 3 is 2.62 bits per heavy atom. The van der Waals surface area contributed by atoms with Crippen LogP contribution in [0, 0.1) is 0 Å². The van der Waals surface area contributed by atoms with Gasteiger partial charge in [-0.3, -0.25) is 4.98 Å². The third-order valence-electron chi connectivity index (χ3n) is 7.17. The molecule has 174 valence electrons. The molecule has 0 atom stereocenters. The van der Waals surface area contributed by atoms with E-state index in [1.807, 2.05) is 24.4 Å². The number of hydrogen-bond donors (Lipinski definition) is 1. The summed E-state index contributed by atoms with van der Waals surface area (Å²) in [6, 6.07) is 16.0. The van der Waals surface area contributed by atoms with Gasteiger partial charge in [-0.1, -0.05) is 43.5 Å². The highest BCUT2D eigenvalue weighted by atomic mass is 35.5. The average molecular weight is 475 g/mol. The van der Waals surface area contributed by atoms with E-state index in [1.54, 1.807) is 12.3 Å². The molecular formula is C28H27ClN2O3. The van der Waals surface area contributed by atoms with Gasteiger partial charge in [0, 0.05) is 40.0 Å². The lowest BCUT2D eigenvalue weighted by Gasteiger charge is -2.24. The first kappa shape index (κ1) is 22.5. The van der Waals surface area contributed by atoms with E-state index >= 15 is 0 Å². The van der Waals surface area contributed by atoms with E-state index in [0.29, 0.717) is 24.6 Å². The highest BCUT2D eigenvalue weighted by Crippen LogP contribution is 2.49. The van der Waals surface area contributed by atoms with E-state index in [0.717, 1.165) is 28.0 Å². The normalized spacial score (nSPS) is 15.5. The number of carboxylic acids is 1. The van der Waals surface area contributed by atoms with E-state index in [1.165, 1.54) is 48.7 Å². The Balaban J connectivity index is 0.00000241. The van der Waals surface area contributed by atoms with Gasteiger partial charge in [-0.25, -0.2) is 4.79 Å². The monoisotopic (exact) mass is 474 g/mol. The topological polar surface area (TPSA) is 64.3 Å². The number of carboxylic acid groups (broad SMARTS) is 1. The molecule has 1 fully saturated rings. The third kappa shape index (κ3) is 3.64. The molecule has 6 rings (SSSR count). The first-order chi connectivity index (χ1) is 16.2. The molecule has 6 heteroatoms. The maximum atomic E-state index is 11.7. The third-order valence-corrected chi connectivity index (χ3v) is 7.17. The van der Waals surface area contributed by atoms with Gasteiger partial charge in [0.2, 0.25) is 0 Å². The van der Waals surface area contributed by atoms with Gasteiger partial charge in [0.05, 0.1) is 17.8 Å². The van der Waals surface area contributed by atoms with E-state index in [9.17, 15) is 9.90 Å². The quantitative estimate of drug-likeness (QED) is 0.349. The summed E-state index contributed by atoms with van der Waals surface area (Å²) in [6.45, 7) is 1.21. The number of carbonyl (C=O) groups is 1. The van der Waals surface area contributed by atoms with Crippen LogP contribution in [0.2, 0.25) is 0 Å². The van der Waals surface area contributed by atoms with Crippen LogP contribution < -0.4 is 4.74 Å². The molecule has 5 nitrogen and oxygen atoms in total. The fourth-order valence-corrected chi connectivity index (χ4v) is 5.70. The van der Waals surface area contributed by atoms with Gasteiger partial charge >= 0.3 is 5.97 Å². The molecular weight excluding hydrogens is 448 g/mol. The summed E-state index contributed by atoms with van der Waals surface area (Å²) in [6.07, 6.45) is 9.77. The van der Waals surface area contributed by atoms with Crippen molar-refractivity contribution >= 4 is 29.3 Å². The van der Waals surface area contributed by atoms with Crippen molar-refractivity contribution in [2.75, 3.05) is 6.61 Å². The van der Waals surface area contributed by atoms with Crippen LogP contribution in [0.1, 0.15) is 53.9 Å². The van der Waals surface area contributed by atoms with Crippen molar-refractivity contribution in [3.63, 3.8) is 0 Å². The van der Waals surface area contributed by atoms with Crippen molar-refractivity contribution in [3.05, 3.63) is 72.1 Å². The molecule has 0 saturated heterocycles. The maximum absolute atomic E-state index is 11.7. The van der Waals surface area contributed by atoms with Crippen molar-refractivity contribution in [2.45, 2.75) is 44.6 Å². The summed E-state index contributed by atoms with van der Waals surface area (Å²) in [5.41, 5.74) is 7.03. The number of hydrogen-bond acceptors (Lipinski definition) is 3. The van der Waals surface area contributed by atoms with E-state index < -0.39 is 5.97 Å². The van der Waals surface area contributed by atoms with Crippen molar-refractivity contribution in [1.82, 2.24) is 9.55 Å². The number of ether oxygens (including phenoxy) is 1. The molecule has 2 aliphatic rings. The summed E-state index contributed by atoms with van der Waals surface area (Å²) in [5.74, 6) is 0.472. The van der Waals surface area contributed by atoms with Crippen molar-refractivity contribution < 1.29 is 14.6 Å². The summed E-state index contributed by atoms with van der Waals surface area (Å²) < 4.78 is 8.68. The SMILES string of the molecule is Cl.O=C(O)c1ccc2c(C3CCCCC3)c3n(c2c1)CCOc1c(-c2cccnc2)cccc1-3. The lowest BCUT2D eigenvalue weighted by Crippen LogP contribution is -2.07. The predicted molar refractivity (Wildman–Crippen MR) is 136 cm³/mol. The van der Waals surface area contributed by atoms with Crippen LogP contribution in [-0.2, 0) is 6.54 Å². The molecule has 0 amide bonds. The van der Waals surface area contributed by atoms with Crippen LogP contribution in [0.25, 0.3) is 33.3 Å². The number of aromatic nitrogens is 2. The molecule has 0 unspecified atom stereocenters. The van der Waals surface area contributed by atoms with Crippen molar-refractivity contribution in [2.24, 2.45) is 0 Å². The fraction of sp³-hybridized carbons (Fsp3) is 0.286. The predicted octanol–water partition coefficient (Wildman–Crippen LogP) is 6.93. The zero-order chi connectivity index (χ0) is 22.4. The molecule has 2 aromatic carbocycles. The van der Waals surface area contributed by atoms with E-state index in [-0.39, 0.29) is 12.4 Å². The summed E-state index contributed by atoms with van der Waals surface area (Å²) in [4.78, 5) is 16.1. The number of halogens is 1. The highest BCUT2D eigenvalue weighted by Gasteiger charge is 2.30. The van der Waals surface area contributed by atoms with Gasteiger partial charge in [-0.05, 0) is 48.6 Å². The number of para-hydroxylation sites is 1. The van der Waals surface area contributed by atoms with Crippen LogP contribution in [0.4, 0.5) is 0 Å². The summed E-state index contributed by atoms with van der Waals surface area (Å²) in [7, 11) is 0. The summed E-state index contributed by atoms with van der Waals surface area (Å²) >= 11 is 0. The van der Waals surface area contributed by atoms with E-state index in [4.69, 9.17) is 4.74 Å². The van der Waals surface area contributed by atoms with Crippen molar-refractivity contribution in [3.8, 4) is 28.1 Å². The molecule has 0 spiro atoms. The minimum atomic E-state index is -0.893. The van der Waals surface area contributed by atoms with Crippen LogP contribution in [0.15, 0.2) is 60.9 Å². The van der Waals surface area contributed by atoms with Gasteiger partial charge in [0.15, 0.2) is 0 Å². The highest BCUT2D eigenvalue weighted by molar-refractivity contribution is 5.99. The molecule has 4 aromatic rings. The summed E-state index contributed by atoms with van der Waals surface area (Å²) in [5, 5.41) is 10.8. The molecule has 3 heterocycles. The molecule has 0 bridgehead atoms. The molecule has 1 N–H and O–H groups in total. The molecule has 34 heavy (non-hydrogen) atoms. The number of rotatable bonds is 3. The minimum absolute atomic E-state index is 0. The molecule has 1 aliphatic carbocycles. The lowest BCUT2D eigenvalue weighted by atomic mass is 9.81. The smallest absolute Gasteiger partial charge is 0.335 e. The van der Waals surface area contributed by atoms with Gasteiger partial charge in [-0.2, -0.15) is 0 Å². The Morgan fingerprint density at radius 1 is 1.03 bits per heavy atom. The second-order valence-electron chi connectivity index (χ2n) is 9.06. The maximum Gasteiger partial charge on any atom is 0.335 e.